The number of anilines is 2. The van der Waals surface area contributed by atoms with E-state index in [2.05, 4.69) is 20.8 Å². The average molecular weight is 306 g/mol. The Morgan fingerprint density at radius 1 is 0.783 bits per heavy atom. The van der Waals surface area contributed by atoms with Crippen LogP contribution in [0.2, 0.25) is 0 Å². The Bertz CT molecular complexity index is 745. The molecule has 2 amide bonds. The number of hydrogen-bond acceptors (Lipinski definition) is 3. The molecular weight excluding hydrogens is 292 g/mol. The smallest absolute Gasteiger partial charge is 0.256 e. The molecule has 114 valence electrons. The molecule has 6 heteroatoms. The first kappa shape index (κ1) is 14.5. The minimum absolute atomic E-state index is 0.254. The van der Waals surface area contributed by atoms with E-state index in [1.807, 2.05) is 12.1 Å². The molecule has 1 aromatic heterocycles. The summed E-state index contributed by atoms with van der Waals surface area (Å²) >= 11 is 0. The molecule has 3 rings (SSSR count). The second-order valence-corrected chi connectivity index (χ2v) is 4.81. The van der Waals surface area contributed by atoms with E-state index in [4.69, 9.17) is 0 Å². The third kappa shape index (κ3) is 3.62. The average Bonchev–Trinajstić information content (AvgIpc) is 3.03. The molecule has 6 nitrogen and oxygen atoms in total. The topological polar surface area (TPSA) is 86.9 Å². The van der Waals surface area contributed by atoms with Crippen molar-refractivity contribution < 1.29 is 9.59 Å². The highest BCUT2D eigenvalue weighted by Gasteiger charge is 2.10. The summed E-state index contributed by atoms with van der Waals surface area (Å²) in [6.07, 6.45) is 0. The van der Waals surface area contributed by atoms with Crippen LogP contribution >= 0.6 is 0 Å². The molecule has 0 saturated heterocycles. The lowest BCUT2D eigenvalue weighted by molar-refractivity contribution is 0.101. The molecule has 1 heterocycles. The maximum Gasteiger partial charge on any atom is 0.256 e. The monoisotopic (exact) mass is 306 g/mol. The van der Waals surface area contributed by atoms with Crippen LogP contribution in [0.3, 0.4) is 0 Å². The van der Waals surface area contributed by atoms with Crippen LogP contribution in [0.25, 0.3) is 0 Å². The van der Waals surface area contributed by atoms with Gasteiger partial charge in [-0.15, -0.1) is 0 Å². The van der Waals surface area contributed by atoms with Crippen LogP contribution in [0.15, 0.2) is 66.7 Å². The normalized spacial score (nSPS) is 10.1. The predicted molar refractivity (Wildman–Crippen MR) is 87.4 cm³/mol. The van der Waals surface area contributed by atoms with Gasteiger partial charge in [-0.3, -0.25) is 14.7 Å². The van der Waals surface area contributed by atoms with Crippen LogP contribution < -0.4 is 10.6 Å². The highest BCUT2D eigenvalue weighted by Crippen LogP contribution is 2.13. The Kier molecular flexibility index (Phi) is 4.15. The number of H-pyrrole nitrogens is 1. The van der Waals surface area contributed by atoms with Crippen molar-refractivity contribution in [3.8, 4) is 0 Å². The van der Waals surface area contributed by atoms with E-state index in [1.54, 1.807) is 54.6 Å². The predicted octanol–water partition coefficient (Wildman–Crippen LogP) is 2.91. The van der Waals surface area contributed by atoms with E-state index in [9.17, 15) is 9.59 Å². The van der Waals surface area contributed by atoms with Crippen LogP contribution in [0.1, 0.15) is 20.7 Å². The van der Waals surface area contributed by atoms with Crippen molar-refractivity contribution in [2.24, 2.45) is 0 Å². The number of aromatic amines is 1. The SMILES string of the molecule is O=C(Nc1cc(NC(=O)c2ccccc2)[nH]n1)c1ccccc1. The first-order valence-electron chi connectivity index (χ1n) is 7.00. The number of hydrogen-bond donors (Lipinski definition) is 3. The zero-order valence-electron chi connectivity index (χ0n) is 12.1. The third-order valence-electron chi connectivity index (χ3n) is 3.14. The number of nitrogens with one attached hydrogen (secondary N) is 3. The highest BCUT2D eigenvalue weighted by molar-refractivity contribution is 6.05. The number of carbonyl (C=O) groups excluding carboxylic acids is 2. The molecule has 0 radical (unpaired) electrons. The van der Waals surface area contributed by atoms with Crippen molar-refractivity contribution >= 4 is 23.5 Å². The number of aromatic nitrogens is 2. The number of nitrogens with zero attached hydrogens (tertiary/aromatic N) is 1. The number of benzene rings is 2. The van der Waals surface area contributed by atoms with Gasteiger partial charge in [0.2, 0.25) is 0 Å². The summed E-state index contributed by atoms with van der Waals surface area (Å²) in [4.78, 5) is 24.0. The minimum Gasteiger partial charge on any atom is -0.307 e. The van der Waals surface area contributed by atoms with Crippen molar-refractivity contribution in [3.63, 3.8) is 0 Å². The molecule has 3 aromatic rings. The van der Waals surface area contributed by atoms with Crippen LogP contribution in [0.5, 0.6) is 0 Å². The zero-order valence-corrected chi connectivity index (χ0v) is 12.1. The molecule has 3 N–H and O–H groups in total. The van der Waals surface area contributed by atoms with Crippen molar-refractivity contribution in [1.82, 2.24) is 10.2 Å². The van der Waals surface area contributed by atoms with Gasteiger partial charge in [0.15, 0.2) is 5.82 Å². The van der Waals surface area contributed by atoms with E-state index in [-0.39, 0.29) is 11.8 Å². The molecule has 0 saturated carbocycles. The molecule has 0 unspecified atom stereocenters. The fourth-order valence-electron chi connectivity index (χ4n) is 2.01. The van der Waals surface area contributed by atoms with Crippen LogP contribution in [-0.2, 0) is 0 Å². The van der Waals surface area contributed by atoms with Gasteiger partial charge in [-0.25, -0.2) is 0 Å². The van der Waals surface area contributed by atoms with Gasteiger partial charge in [-0.2, -0.15) is 5.10 Å². The molecule has 0 aliphatic rings. The Labute approximate surface area is 132 Å². The summed E-state index contributed by atoms with van der Waals surface area (Å²) in [6, 6.07) is 19.2. The number of carbonyl (C=O) groups is 2. The standard InChI is InChI=1S/C17H14N4O2/c22-16(12-7-3-1-4-8-12)18-14-11-15(21-20-14)19-17(23)13-9-5-2-6-10-13/h1-11H,(H3,18,19,20,21,22,23). The molecule has 0 aliphatic carbocycles. The molecule has 0 atom stereocenters. The van der Waals surface area contributed by atoms with Crippen molar-refractivity contribution in [2.75, 3.05) is 10.6 Å². The fourth-order valence-corrected chi connectivity index (χ4v) is 2.01. The summed E-state index contributed by atoms with van der Waals surface area (Å²) in [6.45, 7) is 0. The molecule has 0 fully saturated rings. The van der Waals surface area contributed by atoms with E-state index < -0.39 is 0 Å². The summed E-state index contributed by atoms with van der Waals surface area (Å²) < 4.78 is 0. The second-order valence-electron chi connectivity index (χ2n) is 4.81. The Hall–Kier alpha value is -3.41. The van der Waals surface area contributed by atoms with Crippen molar-refractivity contribution in [1.29, 1.82) is 0 Å². The van der Waals surface area contributed by atoms with Crippen LogP contribution in [-0.4, -0.2) is 22.0 Å². The third-order valence-corrected chi connectivity index (χ3v) is 3.14. The van der Waals surface area contributed by atoms with E-state index >= 15 is 0 Å². The van der Waals surface area contributed by atoms with Crippen LogP contribution in [0.4, 0.5) is 11.6 Å². The van der Waals surface area contributed by atoms with E-state index in [0.717, 1.165) is 0 Å². The summed E-state index contributed by atoms with van der Waals surface area (Å²) in [5, 5.41) is 12.0. The Morgan fingerprint density at radius 2 is 1.30 bits per heavy atom. The number of rotatable bonds is 4. The van der Waals surface area contributed by atoms with Crippen molar-refractivity contribution in [2.45, 2.75) is 0 Å². The second kappa shape index (κ2) is 6.57. The van der Waals surface area contributed by atoms with Gasteiger partial charge in [0.1, 0.15) is 5.82 Å². The fraction of sp³-hybridized carbons (Fsp3) is 0. The molecule has 0 bridgehead atoms. The van der Waals surface area contributed by atoms with Gasteiger partial charge in [0.25, 0.3) is 11.8 Å². The first-order chi connectivity index (χ1) is 11.2. The lowest BCUT2D eigenvalue weighted by Crippen LogP contribution is -2.12. The van der Waals surface area contributed by atoms with Gasteiger partial charge in [-0.1, -0.05) is 36.4 Å². The quantitative estimate of drug-likeness (QED) is 0.692. The largest absolute Gasteiger partial charge is 0.307 e. The van der Waals surface area contributed by atoms with E-state index in [1.165, 1.54) is 0 Å². The maximum absolute atomic E-state index is 12.0. The van der Waals surface area contributed by atoms with Gasteiger partial charge in [0, 0.05) is 17.2 Å². The highest BCUT2D eigenvalue weighted by atomic mass is 16.2. The maximum atomic E-state index is 12.0. The van der Waals surface area contributed by atoms with Crippen LogP contribution in [0, 0.1) is 0 Å². The van der Waals surface area contributed by atoms with Gasteiger partial charge in [0.05, 0.1) is 0 Å². The molecule has 2 aromatic carbocycles. The zero-order chi connectivity index (χ0) is 16.1. The summed E-state index contributed by atoms with van der Waals surface area (Å²) in [5.74, 6) is 0.220. The lowest BCUT2D eigenvalue weighted by atomic mass is 10.2. The van der Waals surface area contributed by atoms with E-state index in [0.29, 0.717) is 22.8 Å². The minimum atomic E-state index is -0.266. The molecular formula is C17H14N4O2. The van der Waals surface area contributed by atoms with Crippen molar-refractivity contribution in [3.05, 3.63) is 77.9 Å². The summed E-state index contributed by atoms with van der Waals surface area (Å²) in [5.41, 5.74) is 1.07. The Balaban J connectivity index is 1.64. The molecule has 23 heavy (non-hydrogen) atoms. The van der Waals surface area contributed by atoms with Gasteiger partial charge in [-0.05, 0) is 24.3 Å². The molecule has 0 spiro atoms. The molecule has 0 aliphatic heterocycles. The Morgan fingerprint density at radius 3 is 1.87 bits per heavy atom. The van der Waals surface area contributed by atoms with Gasteiger partial charge < -0.3 is 10.6 Å². The number of amides is 2. The van der Waals surface area contributed by atoms with Gasteiger partial charge >= 0.3 is 0 Å². The lowest BCUT2D eigenvalue weighted by Gasteiger charge is -2.01. The first-order valence-corrected chi connectivity index (χ1v) is 7.00. The summed E-state index contributed by atoms with van der Waals surface area (Å²) in [7, 11) is 0.